The number of hydrogen-bond acceptors (Lipinski definition) is 4. The van der Waals surface area contributed by atoms with Gasteiger partial charge in [-0.1, -0.05) is 12.1 Å². The number of isocyanates is 1. The second-order valence-electron chi connectivity index (χ2n) is 3.24. The number of hydrogen-bond donors (Lipinski definition) is 0. The fourth-order valence-corrected chi connectivity index (χ4v) is 1.83. The Morgan fingerprint density at radius 3 is 2.60 bits per heavy atom. The number of rotatable bonds is 3. The van der Waals surface area contributed by atoms with Crippen molar-refractivity contribution in [3.63, 3.8) is 0 Å². The van der Waals surface area contributed by atoms with Gasteiger partial charge in [-0.15, -0.1) is 0 Å². The van der Waals surface area contributed by atoms with E-state index in [1.54, 1.807) is 19.1 Å². The maximum Gasteiger partial charge on any atom is 0.235 e. The third kappa shape index (κ3) is 3.01. The van der Waals surface area contributed by atoms with Crippen LogP contribution in [-0.2, 0) is 14.6 Å². The molecule has 4 nitrogen and oxygen atoms in total. The predicted molar refractivity (Wildman–Crippen MR) is 56.1 cm³/mol. The predicted octanol–water partition coefficient (Wildman–Crippen LogP) is 1.49. The minimum absolute atomic E-state index is 0.230. The Morgan fingerprint density at radius 1 is 1.40 bits per heavy atom. The zero-order valence-corrected chi connectivity index (χ0v) is 9.28. The molecule has 1 atom stereocenters. The molecule has 0 bridgehead atoms. The second kappa shape index (κ2) is 4.38. The van der Waals surface area contributed by atoms with Gasteiger partial charge in [0.15, 0.2) is 9.84 Å². The van der Waals surface area contributed by atoms with E-state index in [2.05, 4.69) is 4.99 Å². The molecule has 1 unspecified atom stereocenters. The molecule has 0 saturated heterocycles. The van der Waals surface area contributed by atoms with Crippen molar-refractivity contribution in [2.45, 2.75) is 17.9 Å². The van der Waals surface area contributed by atoms with Crippen LogP contribution in [0, 0.1) is 0 Å². The summed E-state index contributed by atoms with van der Waals surface area (Å²) in [7, 11) is -3.21. The quantitative estimate of drug-likeness (QED) is 0.578. The van der Waals surface area contributed by atoms with Crippen molar-refractivity contribution in [1.29, 1.82) is 0 Å². The number of carbonyl (C=O) groups excluding carboxylic acids is 1. The van der Waals surface area contributed by atoms with Crippen LogP contribution in [0.5, 0.6) is 0 Å². The van der Waals surface area contributed by atoms with Gasteiger partial charge in [-0.05, 0) is 24.6 Å². The van der Waals surface area contributed by atoms with E-state index in [1.165, 1.54) is 18.2 Å². The Balaban J connectivity index is 3.19. The lowest BCUT2D eigenvalue weighted by Crippen LogP contribution is -1.99. The van der Waals surface area contributed by atoms with Gasteiger partial charge < -0.3 is 0 Å². The van der Waals surface area contributed by atoms with Gasteiger partial charge in [-0.2, -0.15) is 4.99 Å². The van der Waals surface area contributed by atoms with Gasteiger partial charge in [-0.25, -0.2) is 13.2 Å². The van der Waals surface area contributed by atoms with Crippen molar-refractivity contribution in [2.24, 2.45) is 4.99 Å². The zero-order chi connectivity index (χ0) is 11.5. The molecule has 0 radical (unpaired) electrons. The van der Waals surface area contributed by atoms with Gasteiger partial charge in [0.25, 0.3) is 0 Å². The topological polar surface area (TPSA) is 63.6 Å². The van der Waals surface area contributed by atoms with Crippen LogP contribution in [0.25, 0.3) is 0 Å². The van der Waals surface area contributed by atoms with Crippen LogP contribution < -0.4 is 0 Å². The molecular weight excluding hydrogens is 214 g/mol. The summed E-state index contributed by atoms with van der Waals surface area (Å²) in [6, 6.07) is 6.00. The number of aliphatic imine (C=N–C) groups is 1. The molecule has 1 aromatic carbocycles. The van der Waals surface area contributed by atoms with E-state index in [0.29, 0.717) is 5.56 Å². The van der Waals surface area contributed by atoms with Crippen LogP contribution in [0.3, 0.4) is 0 Å². The lowest BCUT2D eigenvalue weighted by Gasteiger charge is -2.05. The van der Waals surface area contributed by atoms with Crippen molar-refractivity contribution in [3.8, 4) is 0 Å². The second-order valence-corrected chi connectivity index (χ2v) is 5.26. The average Bonchev–Trinajstić information content (AvgIpc) is 2.17. The first kappa shape index (κ1) is 11.6. The van der Waals surface area contributed by atoms with Crippen molar-refractivity contribution < 1.29 is 13.2 Å². The van der Waals surface area contributed by atoms with E-state index in [1.807, 2.05) is 0 Å². The molecule has 5 heteroatoms. The number of sulfone groups is 1. The van der Waals surface area contributed by atoms with E-state index in [0.717, 1.165) is 6.26 Å². The van der Waals surface area contributed by atoms with E-state index in [9.17, 15) is 13.2 Å². The monoisotopic (exact) mass is 225 g/mol. The Labute approximate surface area is 88.6 Å². The molecule has 0 fully saturated rings. The van der Waals surface area contributed by atoms with Crippen LogP contribution in [0.15, 0.2) is 34.2 Å². The van der Waals surface area contributed by atoms with Crippen molar-refractivity contribution in [3.05, 3.63) is 29.8 Å². The van der Waals surface area contributed by atoms with Crippen molar-refractivity contribution in [2.75, 3.05) is 6.26 Å². The average molecular weight is 225 g/mol. The minimum atomic E-state index is -3.21. The van der Waals surface area contributed by atoms with Crippen LogP contribution in [0.4, 0.5) is 0 Å². The number of benzene rings is 1. The molecule has 0 saturated carbocycles. The Kier molecular flexibility index (Phi) is 3.39. The van der Waals surface area contributed by atoms with Crippen LogP contribution in [-0.4, -0.2) is 20.8 Å². The first-order valence-electron chi connectivity index (χ1n) is 4.32. The number of nitrogens with zero attached hydrogens (tertiary/aromatic N) is 1. The summed E-state index contributed by atoms with van der Waals surface area (Å²) in [5, 5.41) is 0. The highest BCUT2D eigenvalue weighted by Gasteiger charge is 2.10. The highest BCUT2D eigenvalue weighted by Crippen LogP contribution is 2.19. The third-order valence-corrected chi connectivity index (χ3v) is 3.13. The highest BCUT2D eigenvalue weighted by molar-refractivity contribution is 7.90. The van der Waals surface area contributed by atoms with Gasteiger partial charge in [0, 0.05) is 6.26 Å². The molecule has 0 heterocycles. The molecule has 0 aliphatic rings. The minimum Gasteiger partial charge on any atom is -0.224 e. The highest BCUT2D eigenvalue weighted by atomic mass is 32.2. The van der Waals surface area contributed by atoms with E-state index in [4.69, 9.17) is 0 Å². The zero-order valence-electron chi connectivity index (χ0n) is 8.47. The van der Waals surface area contributed by atoms with Gasteiger partial charge in [-0.3, -0.25) is 0 Å². The molecular formula is C10H11NO3S. The summed E-state index contributed by atoms with van der Waals surface area (Å²) in [4.78, 5) is 13.8. The Morgan fingerprint density at radius 2 is 2.07 bits per heavy atom. The Hall–Kier alpha value is -1.45. The van der Waals surface area contributed by atoms with Crippen LogP contribution >= 0.6 is 0 Å². The van der Waals surface area contributed by atoms with Gasteiger partial charge in [0.2, 0.25) is 6.08 Å². The summed E-state index contributed by atoms with van der Waals surface area (Å²) in [6.45, 7) is 1.70. The van der Waals surface area contributed by atoms with Crippen LogP contribution in [0.1, 0.15) is 18.5 Å². The first-order valence-corrected chi connectivity index (χ1v) is 6.21. The van der Waals surface area contributed by atoms with Gasteiger partial charge in [0.1, 0.15) is 0 Å². The fourth-order valence-electron chi connectivity index (χ4n) is 1.16. The first-order chi connectivity index (χ1) is 6.95. The molecule has 0 amide bonds. The van der Waals surface area contributed by atoms with Gasteiger partial charge in [0.05, 0.1) is 10.9 Å². The van der Waals surface area contributed by atoms with Crippen molar-refractivity contribution >= 4 is 15.9 Å². The molecule has 0 spiro atoms. The molecule has 15 heavy (non-hydrogen) atoms. The van der Waals surface area contributed by atoms with Gasteiger partial charge >= 0.3 is 0 Å². The molecule has 0 aromatic heterocycles. The fraction of sp³-hybridized carbons (Fsp3) is 0.300. The molecule has 0 aliphatic heterocycles. The molecule has 1 rings (SSSR count). The summed E-state index contributed by atoms with van der Waals surface area (Å²) < 4.78 is 22.5. The summed E-state index contributed by atoms with van der Waals surface area (Å²) >= 11 is 0. The molecule has 80 valence electrons. The van der Waals surface area contributed by atoms with Crippen molar-refractivity contribution in [1.82, 2.24) is 0 Å². The maximum atomic E-state index is 11.3. The molecule has 0 N–H and O–H groups in total. The molecule has 0 aliphatic carbocycles. The maximum absolute atomic E-state index is 11.3. The summed E-state index contributed by atoms with van der Waals surface area (Å²) in [5.74, 6) is 0. The van der Waals surface area contributed by atoms with E-state index >= 15 is 0 Å². The third-order valence-electron chi connectivity index (χ3n) is 2.02. The lowest BCUT2D eigenvalue weighted by molar-refractivity contribution is 0.559. The van der Waals surface area contributed by atoms with E-state index in [-0.39, 0.29) is 10.9 Å². The van der Waals surface area contributed by atoms with E-state index < -0.39 is 9.84 Å². The normalized spacial score (nSPS) is 12.9. The standard InChI is InChI=1S/C10H11NO3S/c1-8(11-7-12)9-4-3-5-10(6-9)15(2,13)14/h3-6,8H,1-2H3. The van der Waals surface area contributed by atoms with Crippen LogP contribution in [0.2, 0.25) is 0 Å². The SMILES string of the molecule is CC(N=C=O)c1cccc(S(C)(=O)=O)c1. The smallest absolute Gasteiger partial charge is 0.224 e. The Bertz CT molecular complexity index is 501. The summed E-state index contributed by atoms with van der Waals surface area (Å²) in [6.07, 6.45) is 2.59. The molecule has 1 aromatic rings. The largest absolute Gasteiger partial charge is 0.235 e. The summed E-state index contributed by atoms with van der Waals surface area (Å²) in [5.41, 5.74) is 0.682. The lowest BCUT2D eigenvalue weighted by atomic mass is 10.1.